The molecule has 0 aromatic heterocycles. The first-order valence-corrected chi connectivity index (χ1v) is 10.5. The van der Waals surface area contributed by atoms with Crippen LogP contribution in [0, 0.1) is 22.0 Å². The van der Waals surface area contributed by atoms with E-state index in [4.69, 9.17) is 0 Å². The number of rotatable bonds is 6. The number of anilines is 1. The largest absolute Gasteiger partial charge is 0.481 e. The van der Waals surface area contributed by atoms with Crippen molar-refractivity contribution in [3.63, 3.8) is 0 Å². The predicted octanol–water partition coefficient (Wildman–Crippen LogP) is 4.99. The monoisotopic (exact) mass is 442 g/mol. The Morgan fingerprint density at radius 1 is 0.788 bits per heavy atom. The Hall–Kier alpha value is -4.26. The van der Waals surface area contributed by atoms with Gasteiger partial charge in [0.25, 0.3) is 5.69 Å². The Kier molecular flexibility index (Phi) is 6.31. The number of nitro groups is 1. The van der Waals surface area contributed by atoms with Crippen LogP contribution in [0.25, 0.3) is 0 Å². The lowest BCUT2D eigenvalue weighted by molar-refractivity contribution is -0.384. The van der Waals surface area contributed by atoms with Gasteiger partial charge in [-0.05, 0) is 17.2 Å². The van der Waals surface area contributed by atoms with Crippen molar-refractivity contribution in [2.45, 2.75) is 11.8 Å². The highest BCUT2D eigenvalue weighted by Crippen LogP contribution is 2.45. The van der Waals surface area contributed by atoms with E-state index in [0.717, 1.165) is 11.1 Å². The number of allylic oxidation sites excluding steroid dienone is 2. The maximum atomic E-state index is 13.5. The summed E-state index contributed by atoms with van der Waals surface area (Å²) in [6, 6.07) is 24.1. The molecule has 166 valence electrons. The van der Waals surface area contributed by atoms with Crippen LogP contribution < -0.4 is 5.32 Å². The minimum atomic E-state index is -1.08. The molecular formula is C26H22N2O5. The van der Waals surface area contributed by atoms with Crippen LogP contribution in [0.15, 0.2) is 97.1 Å². The zero-order chi connectivity index (χ0) is 23.4. The molecule has 1 aliphatic carbocycles. The number of carboxylic acids is 1. The first-order chi connectivity index (χ1) is 16.0. The number of hydrogen-bond acceptors (Lipinski definition) is 4. The van der Waals surface area contributed by atoms with E-state index < -0.39 is 40.5 Å². The number of nitrogens with one attached hydrogen (secondary N) is 1. The smallest absolute Gasteiger partial charge is 0.308 e. The van der Waals surface area contributed by atoms with Gasteiger partial charge in [-0.3, -0.25) is 19.7 Å². The van der Waals surface area contributed by atoms with Crippen LogP contribution >= 0.6 is 0 Å². The van der Waals surface area contributed by atoms with Crippen LogP contribution in [0.3, 0.4) is 0 Å². The fourth-order valence-corrected chi connectivity index (χ4v) is 4.47. The third kappa shape index (κ3) is 4.67. The number of hydrogen-bond donors (Lipinski definition) is 2. The van der Waals surface area contributed by atoms with Crippen LogP contribution in [-0.4, -0.2) is 21.9 Å². The molecule has 0 unspecified atom stereocenters. The van der Waals surface area contributed by atoms with Crippen molar-refractivity contribution in [3.8, 4) is 0 Å². The number of non-ortho nitro benzene ring substituents is 1. The second-order valence-corrected chi connectivity index (χ2v) is 7.94. The van der Waals surface area contributed by atoms with Crippen LogP contribution in [-0.2, 0) is 9.59 Å². The normalized spacial score (nSPS) is 21.8. The maximum Gasteiger partial charge on any atom is 0.308 e. The Bertz CT molecular complexity index is 1190. The van der Waals surface area contributed by atoms with Gasteiger partial charge in [0.2, 0.25) is 5.91 Å². The summed E-state index contributed by atoms with van der Waals surface area (Å²) in [7, 11) is 0. The zero-order valence-electron chi connectivity index (χ0n) is 17.6. The molecule has 0 heterocycles. The number of carbonyl (C=O) groups is 2. The highest BCUT2D eigenvalue weighted by Gasteiger charge is 2.46. The van der Waals surface area contributed by atoms with Crippen LogP contribution in [0.4, 0.5) is 11.4 Å². The summed E-state index contributed by atoms with van der Waals surface area (Å²) >= 11 is 0. The van der Waals surface area contributed by atoms with Gasteiger partial charge in [0.1, 0.15) is 0 Å². The standard InChI is InChI=1S/C26H22N2O5/c29-25(27-19-12-7-13-20(16-19)28(32)33)23-21(17-8-3-1-4-9-17)14-15-22(24(23)26(30)31)18-10-5-2-6-11-18/h1-16,21-24H,(H,27,29)(H,30,31)/t21-,22-,23-,24+/m0/s1. The minimum absolute atomic E-state index is 0.159. The molecule has 33 heavy (non-hydrogen) atoms. The second kappa shape index (κ2) is 9.48. The van der Waals surface area contributed by atoms with Gasteiger partial charge < -0.3 is 10.4 Å². The molecule has 4 rings (SSSR count). The molecule has 0 bridgehead atoms. The van der Waals surface area contributed by atoms with E-state index in [1.165, 1.54) is 18.2 Å². The molecule has 2 N–H and O–H groups in total. The van der Waals surface area contributed by atoms with Crippen molar-refractivity contribution < 1.29 is 19.6 Å². The van der Waals surface area contributed by atoms with Gasteiger partial charge >= 0.3 is 5.97 Å². The van der Waals surface area contributed by atoms with E-state index in [0.29, 0.717) is 0 Å². The molecule has 7 heteroatoms. The van der Waals surface area contributed by atoms with Crippen molar-refractivity contribution in [1.82, 2.24) is 0 Å². The van der Waals surface area contributed by atoms with Gasteiger partial charge in [-0.25, -0.2) is 0 Å². The highest BCUT2D eigenvalue weighted by atomic mass is 16.6. The number of aliphatic carboxylic acids is 1. The molecule has 7 nitrogen and oxygen atoms in total. The number of nitro benzene ring substituents is 1. The first kappa shape index (κ1) is 22.0. The Balaban J connectivity index is 1.76. The quantitative estimate of drug-likeness (QED) is 0.318. The number of nitrogens with zero attached hydrogens (tertiary/aromatic N) is 1. The summed E-state index contributed by atoms with van der Waals surface area (Å²) in [5.41, 5.74) is 1.72. The van der Waals surface area contributed by atoms with E-state index in [-0.39, 0.29) is 11.4 Å². The van der Waals surface area contributed by atoms with Gasteiger partial charge in [0.15, 0.2) is 0 Å². The summed E-state index contributed by atoms with van der Waals surface area (Å²) in [4.78, 5) is 36.6. The molecule has 1 aliphatic rings. The summed E-state index contributed by atoms with van der Waals surface area (Å²) in [5.74, 6) is -4.49. The molecule has 3 aromatic carbocycles. The molecule has 0 saturated heterocycles. The van der Waals surface area contributed by atoms with Crippen molar-refractivity contribution in [2.24, 2.45) is 11.8 Å². The second-order valence-electron chi connectivity index (χ2n) is 7.94. The van der Waals surface area contributed by atoms with Crippen LogP contribution in [0.2, 0.25) is 0 Å². The molecule has 0 radical (unpaired) electrons. The Morgan fingerprint density at radius 2 is 1.33 bits per heavy atom. The Morgan fingerprint density at radius 3 is 1.85 bits per heavy atom. The molecule has 0 saturated carbocycles. The van der Waals surface area contributed by atoms with Gasteiger partial charge in [-0.1, -0.05) is 78.9 Å². The van der Waals surface area contributed by atoms with E-state index in [2.05, 4.69) is 5.32 Å². The van der Waals surface area contributed by atoms with Gasteiger partial charge in [0, 0.05) is 29.7 Å². The van der Waals surface area contributed by atoms with E-state index in [9.17, 15) is 24.8 Å². The summed E-state index contributed by atoms with van der Waals surface area (Å²) in [6.45, 7) is 0. The summed E-state index contributed by atoms with van der Waals surface area (Å²) < 4.78 is 0. The van der Waals surface area contributed by atoms with Crippen molar-refractivity contribution >= 4 is 23.3 Å². The number of carboxylic acid groups (broad SMARTS) is 1. The van der Waals surface area contributed by atoms with Crippen molar-refractivity contribution in [3.05, 3.63) is 118 Å². The van der Waals surface area contributed by atoms with E-state index in [1.807, 2.05) is 72.8 Å². The fraction of sp³-hybridized carbons (Fsp3) is 0.154. The minimum Gasteiger partial charge on any atom is -0.481 e. The van der Waals surface area contributed by atoms with E-state index >= 15 is 0 Å². The zero-order valence-corrected chi connectivity index (χ0v) is 17.6. The molecule has 4 atom stereocenters. The molecule has 0 aliphatic heterocycles. The van der Waals surface area contributed by atoms with Crippen molar-refractivity contribution in [1.29, 1.82) is 0 Å². The lowest BCUT2D eigenvalue weighted by Crippen LogP contribution is -2.42. The molecular weight excluding hydrogens is 420 g/mol. The first-order valence-electron chi connectivity index (χ1n) is 10.5. The van der Waals surface area contributed by atoms with Crippen LogP contribution in [0.1, 0.15) is 23.0 Å². The SMILES string of the molecule is O=C(Nc1cccc([N+](=O)[O-])c1)[C@@H]1[C@H](C(=O)O)[C@H](c2ccccc2)C=C[C@H]1c1ccccc1. The van der Waals surface area contributed by atoms with Crippen molar-refractivity contribution in [2.75, 3.05) is 5.32 Å². The molecule has 3 aromatic rings. The molecule has 1 amide bonds. The lowest BCUT2D eigenvalue weighted by atomic mass is 9.66. The predicted molar refractivity (Wildman–Crippen MR) is 124 cm³/mol. The molecule has 0 fully saturated rings. The molecule has 0 spiro atoms. The summed E-state index contributed by atoms with van der Waals surface area (Å²) in [6.07, 6.45) is 3.76. The topological polar surface area (TPSA) is 110 Å². The van der Waals surface area contributed by atoms with Gasteiger partial charge in [-0.2, -0.15) is 0 Å². The lowest BCUT2D eigenvalue weighted by Gasteiger charge is -2.37. The number of benzene rings is 3. The highest BCUT2D eigenvalue weighted by molar-refractivity contribution is 5.97. The van der Waals surface area contributed by atoms with Crippen LogP contribution in [0.5, 0.6) is 0 Å². The third-order valence-corrected chi connectivity index (χ3v) is 5.97. The summed E-state index contributed by atoms with van der Waals surface area (Å²) in [5, 5.41) is 24.1. The maximum absolute atomic E-state index is 13.5. The average molecular weight is 442 g/mol. The fourth-order valence-electron chi connectivity index (χ4n) is 4.47. The third-order valence-electron chi connectivity index (χ3n) is 5.97. The Labute approximate surface area is 190 Å². The number of amides is 1. The average Bonchev–Trinajstić information content (AvgIpc) is 2.84. The van der Waals surface area contributed by atoms with Gasteiger partial charge in [0.05, 0.1) is 16.8 Å². The number of carbonyl (C=O) groups excluding carboxylic acids is 1. The van der Waals surface area contributed by atoms with E-state index in [1.54, 1.807) is 6.07 Å². The van der Waals surface area contributed by atoms with Gasteiger partial charge in [-0.15, -0.1) is 0 Å².